The number of nitrogens with one attached hydrogen (secondary N) is 1. The smallest absolute Gasteiger partial charge is 0.137 e. The van der Waals surface area contributed by atoms with Crippen LogP contribution in [0.2, 0.25) is 0 Å². The number of pyridine rings is 1. The fourth-order valence-corrected chi connectivity index (χ4v) is 3.14. The first-order valence-corrected chi connectivity index (χ1v) is 8.35. The van der Waals surface area contributed by atoms with Gasteiger partial charge in [0.25, 0.3) is 0 Å². The van der Waals surface area contributed by atoms with Crippen LogP contribution in [0, 0.1) is 24.6 Å². The van der Waals surface area contributed by atoms with Crippen molar-refractivity contribution in [1.82, 2.24) is 9.97 Å². The molecule has 0 saturated heterocycles. The Labute approximate surface area is 146 Å². The molecule has 0 unspecified atom stereocenters. The van der Waals surface area contributed by atoms with Gasteiger partial charge in [-0.1, -0.05) is 17.9 Å². The van der Waals surface area contributed by atoms with Crippen LogP contribution in [0.25, 0.3) is 11.0 Å². The SMILES string of the molecule is Cc1c(N2CC=C(C#Cc3ccc(F)cc3)CC2)cnc2[nH]ccc12. The van der Waals surface area contributed by atoms with Gasteiger partial charge in [-0.25, -0.2) is 9.37 Å². The van der Waals surface area contributed by atoms with E-state index in [0.29, 0.717) is 0 Å². The van der Waals surface area contributed by atoms with Crippen molar-refractivity contribution in [3.8, 4) is 11.8 Å². The zero-order valence-electron chi connectivity index (χ0n) is 14.0. The molecule has 1 aliphatic rings. The summed E-state index contributed by atoms with van der Waals surface area (Å²) >= 11 is 0. The molecule has 124 valence electrons. The van der Waals surface area contributed by atoms with Crippen LogP contribution >= 0.6 is 0 Å². The topological polar surface area (TPSA) is 31.9 Å². The Hall–Kier alpha value is -3.06. The number of nitrogens with zero attached hydrogens (tertiary/aromatic N) is 2. The molecular formula is C21H18FN3. The number of benzene rings is 1. The van der Waals surface area contributed by atoms with Gasteiger partial charge in [0.15, 0.2) is 0 Å². The molecule has 2 aromatic heterocycles. The molecule has 0 radical (unpaired) electrons. The summed E-state index contributed by atoms with van der Waals surface area (Å²) in [6.07, 6.45) is 6.93. The third kappa shape index (κ3) is 3.14. The van der Waals surface area contributed by atoms with E-state index in [2.05, 4.69) is 45.8 Å². The van der Waals surface area contributed by atoms with Gasteiger partial charge in [0.05, 0.1) is 11.9 Å². The van der Waals surface area contributed by atoms with Crippen LogP contribution in [0.5, 0.6) is 0 Å². The highest BCUT2D eigenvalue weighted by Crippen LogP contribution is 2.27. The number of rotatable bonds is 1. The molecule has 25 heavy (non-hydrogen) atoms. The average Bonchev–Trinajstić information content (AvgIpc) is 3.12. The van der Waals surface area contributed by atoms with Gasteiger partial charge in [0.1, 0.15) is 11.5 Å². The third-order valence-corrected chi connectivity index (χ3v) is 4.59. The third-order valence-electron chi connectivity index (χ3n) is 4.59. The Bertz CT molecular complexity index is 1000. The Morgan fingerprint density at radius 3 is 2.76 bits per heavy atom. The molecule has 0 fully saturated rings. The van der Waals surface area contributed by atoms with Crippen molar-refractivity contribution in [2.45, 2.75) is 13.3 Å². The van der Waals surface area contributed by atoms with E-state index in [1.54, 1.807) is 12.1 Å². The van der Waals surface area contributed by atoms with Crippen molar-refractivity contribution in [2.24, 2.45) is 0 Å². The van der Waals surface area contributed by atoms with Crippen LogP contribution in [0.1, 0.15) is 17.5 Å². The van der Waals surface area contributed by atoms with Crippen molar-refractivity contribution in [1.29, 1.82) is 0 Å². The summed E-state index contributed by atoms with van der Waals surface area (Å²) in [5, 5.41) is 1.17. The largest absolute Gasteiger partial charge is 0.366 e. The molecule has 0 atom stereocenters. The van der Waals surface area contributed by atoms with Gasteiger partial charge < -0.3 is 9.88 Å². The van der Waals surface area contributed by atoms with E-state index in [0.717, 1.165) is 36.3 Å². The van der Waals surface area contributed by atoms with Crippen molar-refractivity contribution >= 4 is 16.7 Å². The lowest BCUT2D eigenvalue weighted by atomic mass is 10.1. The lowest BCUT2D eigenvalue weighted by Gasteiger charge is -2.28. The highest BCUT2D eigenvalue weighted by Gasteiger charge is 2.15. The molecule has 4 heteroatoms. The lowest BCUT2D eigenvalue weighted by molar-refractivity contribution is 0.627. The Morgan fingerprint density at radius 1 is 1.16 bits per heavy atom. The second kappa shape index (κ2) is 6.45. The van der Waals surface area contributed by atoms with Gasteiger partial charge in [-0.2, -0.15) is 0 Å². The summed E-state index contributed by atoms with van der Waals surface area (Å²) in [4.78, 5) is 9.98. The Morgan fingerprint density at radius 2 is 2.00 bits per heavy atom. The van der Waals surface area contributed by atoms with Crippen molar-refractivity contribution in [2.75, 3.05) is 18.0 Å². The number of aromatic nitrogens is 2. The van der Waals surface area contributed by atoms with Crippen LogP contribution in [-0.2, 0) is 0 Å². The Kier molecular flexibility index (Phi) is 3.99. The number of H-pyrrole nitrogens is 1. The predicted molar refractivity (Wildman–Crippen MR) is 99.0 cm³/mol. The number of halogens is 1. The maximum atomic E-state index is 12.9. The van der Waals surface area contributed by atoms with Crippen LogP contribution in [0.3, 0.4) is 0 Å². The van der Waals surface area contributed by atoms with Crippen LogP contribution in [-0.4, -0.2) is 23.1 Å². The van der Waals surface area contributed by atoms with Crippen molar-refractivity contribution < 1.29 is 4.39 Å². The second-order valence-electron chi connectivity index (χ2n) is 6.19. The van der Waals surface area contributed by atoms with Gasteiger partial charge in [0, 0.05) is 35.8 Å². The molecule has 0 spiro atoms. The van der Waals surface area contributed by atoms with E-state index in [9.17, 15) is 4.39 Å². The average molecular weight is 331 g/mol. The quantitative estimate of drug-likeness (QED) is 0.678. The molecule has 1 N–H and O–H groups in total. The molecular weight excluding hydrogens is 313 g/mol. The number of hydrogen-bond donors (Lipinski definition) is 1. The fourth-order valence-electron chi connectivity index (χ4n) is 3.14. The molecule has 0 bridgehead atoms. The zero-order chi connectivity index (χ0) is 17.2. The van der Waals surface area contributed by atoms with Gasteiger partial charge in [-0.05, 0) is 49.2 Å². The van der Waals surface area contributed by atoms with E-state index < -0.39 is 0 Å². The van der Waals surface area contributed by atoms with Crippen LogP contribution in [0.4, 0.5) is 10.1 Å². The van der Waals surface area contributed by atoms with Gasteiger partial charge in [0.2, 0.25) is 0 Å². The van der Waals surface area contributed by atoms with Crippen LogP contribution in [0.15, 0.2) is 54.4 Å². The van der Waals surface area contributed by atoms with Crippen molar-refractivity contribution in [3.63, 3.8) is 0 Å². The zero-order valence-corrected chi connectivity index (χ0v) is 14.0. The Balaban J connectivity index is 1.51. The highest BCUT2D eigenvalue weighted by atomic mass is 19.1. The summed E-state index contributed by atoms with van der Waals surface area (Å²) in [7, 11) is 0. The monoisotopic (exact) mass is 331 g/mol. The number of aromatic amines is 1. The molecule has 0 saturated carbocycles. The highest BCUT2D eigenvalue weighted by molar-refractivity contribution is 5.84. The van der Waals surface area contributed by atoms with E-state index >= 15 is 0 Å². The number of hydrogen-bond acceptors (Lipinski definition) is 2. The second-order valence-corrected chi connectivity index (χ2v) is 6.19. The molecule has 3 nitrogen and oxygen atoms in total. The summed E-state index contributed by atoms with van der Waals surface area (Å²) in [6.45, 7) is 3.88. The summed E-state index contributed by atoms with van der Waals surface area (Å²) in [5.41, 5.74) is 5.32. The van der Waals surface area contributed by atoms with Gasteiger partial charge in [-0.3, -0.25) is 0 Å². The first-order chi connectivity index (χ1) is 12.2. The molecule has 3 heterocycles. The summed E-state index contributed by atoms with van der Waals surface area (Å²) in [6, 6.07) is 8.36. The van der Waals surface area contributed by atoms with Gasteiger partial charge in [-0.15, -0.1) is 0 Å². The maximum Gasteiger partial charge on any atom is 0.137 e. The normalized spacial score (nSPS) is 14.2. The summed E-state index contributed by atoms with van der Waals surface area (Å²) < 4.78 is 12.9. The van der Waals surface area contributed by atoms with E-state index in [1.165, 1.54) is 28.8 Å². The lowest BCUT2D eigenvalue weighted by Crippen LogP contribution is -2.29. The minimum Gasteiger partial charge on any atom is -0.366 e. The van der Waals surface area contributed by atoms with E-state index in [-0.39, 0.29) is 5.82 Å². The first kappa shape index (κ1) is 15.5. The minimum absolute atomic E-state index is 0.235. The number of aryl methyl sites for hydroxylation is 1. The molecule has 0 amide bonds. The predicted octanol–water partition coefficient (Wildman–Crippen LogP) is 4.20. The molecule has 1 aliphatic heterocycles. The number of fused-ring (bicyclic) bond motifs is 1. The van der Waals surface area contributed by atoms with E-state index in [4.69, 9.17) is 0 Å². The van der Waals surface area contributed by atoms with Gasteiger partial charge >= 0.3 is 0 Å². The standard InChI is InChI=1S/C21H18FN3/c1-15-19-8-11-23-21(19)24-14-20(15)25-12-9-17(10-13-25)3-2-16-4-6-18(22)7-5-16/h4-9,11,14H,10,12-13H2,1H3,(H,23,24). The van der Waals surface area contributed by atoms with Crippen molar-refractivity contribution in [3.05, 3.63) is 71.3 Å². The minimum atomic E-state index is -0.235. The van der Waals surface area contributed by atoms with Crippen LogP contribution < -0.4 is 4.90 Å². The number of anilines is 1. The summed E-state index contributed by atoms with van der Waals surface area (Å²) in [5.74, 6) is 6.08. The maximum absolute atomic E-state index is 12.9. The molecule has 0 aliphatic carbocycles. The van der Waals surface area contributed by atoms with E-state index in [1.807, 2.05) is 12.4 Å². The molecule has 1 aromatic carbocycles. The fraction of sp³-hybridized carbons (Fsp3) is 0.190. The first-order valence-electron chi connectivity index (χ1n) is 8.35. The molecule has 4 rings (SSSR count). The molecule has 3 aromatic rings.